The molecule has 4 N–H and O–H groups in total. The number of nitrogens with one attached hydrogen (secondary N) is 3. The molecule has 0 aliphatic heterocycles. The molecule has 0 aliphatic carbocycles. The standard InChI is InChI=1S/C15H17N3O3S/c1-10(19)9-16-14(20)12-7-8-13(22-12)18-15(21)17-11-5-3-2-4-6-11/h2-8,10,19H,9H2,1H3,(H,16,20)(H2,17,18,21). The number of urea groups is 1. The highest BCUT2D eigenvalue weighted by atomic mass is 32.1. The van der Waals surface area contributed by atoms with Crippen molar-refractivity contribution in [2.24, 2.45) is 0 Å². The molecule has 0 saturated carbocycles. The third-order valence-corrected chi connectivity index (χ3v) is 3.66. The van der Waals surface area contributed by atoms with E-state index < -0.39 is 6.10 Å². The molecule has 0 spiro atoms. The number of aliphatic hydroxyl groups is 1. The fourth-order valence-electron chi connectivity index (χ4n) is 1.65. The highest BCUT2D eigenvalue weighted by molar-refractivity contribution is 7.18. The lowest BCUT2D eigenvalue weighted by atomic mass is 10.3. The first kappa shape index (κ1) is 16.0. The average molecular weight is 319 g/mol. The van der Waals surface area contributed by atoms with E-state index in [1.807, 2.05) is 18.2 Å². The third-order valence-electron chi connectivity index (χ3n) is 2.66. The maximum Gasteiger partial charge on any atom is 0.324 e. The molecule has 1 heterocycles. The number of benzene rings is 1. The van der Waals surface area contributed by atoms with Crippen LogP contribution < -0.4 is 16.0 Å². The molecule has 1 aromatic carbocycles. The molecule has 3 amide bonds. The SMILES string of the molecule is CC(O)CNC(=O)c1ccc(NC(=O)Nc2ccccc2)s1. The van der Waals surface area contributed by atoms with E-state index in [1.54, 1.807) is 31.2 Å². The van der Waals surface area contributed by atoms with Gasteiger partial charge in [0.05, 0.1) is 16.0 Å². The Morgan fingerprint density at radius 1 is 1.14 bits per heavy atom. The fraction of sp³-hybridized carbons (Fsp3) is 0.200. The van der Waals surface area contributed by atoms with Gasteiger partial charge in [-0.15, -0.1) is 11.3 Å². The monoisotopic (exact) mass is 319 g/mol. The molecule has 2 aromatic rings. The molecule has 0 radical (unpaired) electrons. The van der Waals surface area contributed by atoms with Crippen molar-refractivity contribution in [2.45, 2.75) is 13.0 Å². The van der Waals surface area contributed by atoms with Crippen molar-refractivity contribution in [2.75, 3.05) is 17.2 Å². The lowest BCUT2D eigenvalue weighted by Gasteiger charge is -2.06. The van der Waals surface area contributed by atoms with Crippen LogP contribution in [0.4, 0.5) is 15.5 Å². The van der Waals surface area contributed by atoms with Crippen LogP contribution in [0.25, 0.3) is 0 Å². The third kappa shape index (κ3) is 4.87. The van der Waals surface area contributed by atoms with Gasteiger partial charge in [0.1, 0.15) is 0 Å². The van der Waals surface area contributed by atoms with Gasteiger partial charge in [-0.2, -0.15) is 0 Å². The summed E-state index contributed by atoms with van der Waals surface area (Å²) >= 11 is 1.17. The first-order valence-corrected chi connectivity index (χ1v) is 7.55. The highest BCUT2D eigenvalue weighted by Crippen LogP contribution is 2.22. The van der Waals surface area contributed by atoms with E-state index in [0.717, 1.165) is 0 Å². The zero-order valence-electron chi connectivity index (χ0n) is 12.0. The summed E-state index contributed by atoms with van der Waals surface area (Å²) in [6.45, 7) is 1.78. The number of hydrogen-bond donors (Lipinski definition) is 4. The summed E-state index contributed by atoms with van der Waals surface area (Å²) in [5, 5.41) is 17.7. The number of thiophene rings is 1. The molecule has 6 nitrogen and oxygen atoms in total. The minimum Gasteiger partial charge on any atom is -0.392 e. The Morgan fingerprint density at radius 2 is 1.86 bits per heavy atom. The van der Waals surface area contributed by atoms with Crippen molar-refractivity contribution in [3.63, 3.8) is 0 Å². The van der Waals surface area contributed by atoms with E-state index in [2.05, 4.69) is 16.0 Å². The van der Waals surface area contributed by atoms with Crippen LogP contribution in [0.1, 0.15) is 16.6 Å². The second-order valence-electron chi connectivity index (χ2n) is 4.67. The lowest BCUT2D eigenvalue weighted by molar-refractivity contribution is 0.0928. The quantitative estimate of drug-likeness (QED) is 0.682. The van der Waals surface area contributed by atoms with Crippen LogP contribution in [0.15, 0.2) is 42.5 Å². The first-order chi connectivity index (χ1) is 10.5. The summed E-state index contributed by atoms with van der Waals surface area (Å²) in [7, 11) is 0. The van der Waals surface area contributed by atoms with Gasteiger partial charge < -0.3 is 15.7 Å². The van der Waals surface area contributed by atoms with Gasteiger partial charge >= 0.3 is 6.03 Å². The van der Waals surface area contributed by atoms with E-state index in [0.29, 0.717) is 15.6 Å². The molecule has 0 aliphatic rings. The van der Waals surface area contributed by atoms with E-state index in [9.17, 15) is 9.59 Å². The van der Waals surface area contributed by atoms with Crippen molar-refractivity contribution in [1.29, 1.82) is 0 Å². The van der Waals surface area contributed by atoms with Crippen LogP contribution in [0.2, 0.25) is 0 Å². The van der Waals surface area contributed by atoms with Gasteiger partial charge in [0.25, 0.3) is 5.91 Å². The van der Waals surface area contributed by atoms with E-state index in [4.69, 9.17) is 5.11 Å². The number of rotatable bonds is 5. The summed E-state index contributed by atoms with van der Waals surface area (Å²) < 4.78 is 0. The van der Waals surface area contributed by atoms with Crippen LogP contribution in [0.3, 0.4) is 0 Å². The van der Waals surface area contributed by atoms with Crippen molar-refractivity contribution < 1.29 is 14.7 Å². The van der Waals surface area contributed by atoms with Crippen molar-refractivity contribution in [1.82, 2.24) is 5.32 Å². The van der Waals surface area contributed by atoms with Gasteiger partial charge in [-0.25, -0.2) is 4.79 Å². The molecule has 0 bridgehead atoms. The summed E-state index contributed by atoms with van der Waals surface area (Å²) in [5.74, 6) is -0.276. The first-order valence-electron chi connectivity index (χ1n) is 6.74. The van der Waals surface area contributed by atoms with Crippen LogP contribution >= 0.6 is 11.3 Å². The number of aliphatic hydroxyl groups excluding tert-OH is 1. The molecule has 2 rings (SSSR count). The Hall–Kier alpha value is -2.38. The lowest BCUT2D eigenvalue weighted by Crippen LogP contribution is -2.29. The van der Waals surface area contributed by atoms with Crippen molar-refractivity contribution in [3.05, 3.63) is 47.3 Å². The summed E-state index contributed by atoms with van der Waals surface area (Å²) in [6, 6.07) is 12.0. The van der Waals surface area contributed by atoms with Crippen LogP contribution in [-0.4, -0.2) is 29.7 Å². The Kier molecular flexibility index (Phi) is 5.51. The fourth-order valence-corrected chi connectivity index (χ4v) is 2.47. The molecular weight excluding hydrogens is 302 g/mol. The maximum absolute atomic E-state index is 11.8. The maximum atomic E-state index is 11.8. The smallest absolute Gasteiger partial charge is 0.324 e. The number of carbonyl (C=O) groups is 2. The minimum absolute atomic E-state index is 0.188. The number of amides is 3. The van der Waals surface area contributed by atoms with Gasteiger partial charge in [0.2, 0.25) is 0 Å². The van der Waals surface area contributed by atoms with E-state index >= 15 is 0 Å². The molecule has 1 unspecified atom stereocenters. The van der Waals surface area contributed by atoms with Crippen LogP contribution in [-0.2, 0) is 0 Å². The molecular formula is C15H17N3O3S. The van der Waals surface area contributed by atoms with Gasteiger partial charge in [-0.3, -0.25) is 10.1 Å². The van der Waals surface area contributed by atoms with Gasteiger partial charge in [0.15, 0.2) is 0 Å². The molecule has 7 heteroatoms. The zero-order valence-corrected chi connectivity index (χ0v) is 12.8. The average Bonchev–Trinajstić information content (AvgIpc) is 2.94. The normalized spacial score (nSPS) is 11.5. The van der Waals surface area contributed by atoms with E-state index in [1.165, 1.54) is 11.3 Å². The van der Waals surface area contributed by atoms with Crippen molar-refractivity contribution in [3.8, 4) is 0 Å². The second-order valence-corrected chi connectivity index (χ2v) is 5.75. The Labute approximate surface area is 132 Å². The number of hydrogen-bond acceptors (Lipinski definition) is 4. The number of carbonyl (C=O) groups excluding carboxylic acids is 2. The molecule has 1 aromatic heterocycles. The summed E-state index contributed by atoms with van der Waals surface area (Å²) in [4.78, 5) is 24.1. The zero-order chi connectivity index (χ0) is 15.9. The second kappa shape index (κ2) is 7.58. The summed E-state index contributed by atoms with van der Waals surface area (Å²) in [5.41, 5.74) is 0.687. The Morgan fingerprint density at radius 3 is 2.55 bits per heavy atom. The number of para-hydroxylation sites is 1. The molecule has 0 saturated heterocycles. The van der Waals surface area contributed by atoms with Crippen LogP contribution in [0, 0.1) is 0 Å². The topological polar surface area (TPSA) is 90.5 Å². The minimum atomic E-state index is -0.599. The Bertz CT molecular complexity index is 640. The predicted octanol–water partition coefficient (Wildman–Crippen LogP) is 2.50. The summed E-state index contributed by atoms with van der Waals surface area (Å²) in [6.07, 6.45) is -0.599. The molecule has 22 heavy (non-hydrogen) atoms. The predicted molar refractivity (Wildman–Crippen MR) is 87.4 cm³/mol. The van der Waals surface area contributed by atoms with Gasteiger partial charge in [-0.1, -0.05) is 18.2 Å². The van der Waals surface area contributed by atoms with Gasteiger partial charge in [0, 0.05) is 12.2 Å². The van der Waals surface area contributed by atoms with Crippen molar-refractivity contribution >= 4 is 34.0 Å². The van der Waals surface area contributed by atoms with E-state index in [-0.39, 0.29) is 18.5 Å². The number of anilines is 2. The molecule has 0 fully saturated rings. The van der Waals surface area contributed by atoms with Crippen LogP contribution in [0.5, 0.6) is 0 Å². The largest absolute Gasteiger partial charge is 0.392 e. The highest BCUT2D eigenvalue weighted by Gasteiger charge is 2.11. The van der Waals surface area contributed by atoms with Gasteiger partial charge in [-0.05, 0) is 31.2 Å². The molecule has 116 valence electrons. The Balaban J connectivity index is 1.89. The molecule has 1 atom stereocenters.